The molecule has 2 aromatic carbocycles. The van der Waals surface area contributed by atoms with Crippen molar-refractivity contribution in [3.05, 3.63) is 83.9 Å². The Morgan fingerprint density at radius 2 is 1.50 bits per heavy atom. The predicted octanol–water partition coefficient (Wildman–Crippen LogP) is 4.33. The number of nitrogens with zero attached hydrogens (tertiary/aromatic N) is 1. The molecule has 0 unspecified atom stereocenters. The van der Waals surface area contributed by atoms with Crippen molar-refractivity contribution in [3.8, 4) is 0 Å². The van der Waals surface area contributed by atoms with E-state index in [1.165, 1.54) is 4.90 Å². The highest BCUT2D eigenvalue weighted by molar-refractivity contribution is 5.82. The molecule has 1 fully saturated rings. The van der Waals surface area contributed by atoms with Crippen molar-refractivity contribution >= 4 is 12.1 Å². The number of hydrogen-bond acceptors (Lipinski definition) is 4. The van der Waals surface area contributed by atoms with Crippen LogP contribution in [0.25, 0.3) is 0 Å². The molecule has 0 saturated carbocycles. The second-order valence-corrected chi connectivity index (χ2v) is 7.14. The molecule has 0 N–H and O–H groups in total. The lowest BCUT2D eigenvalue weighted by molar-refractivity contribution is -0.153. The number of likely N-dealkylation sites (tertiary alicyclic amines) is 1. The first-order valence-electron chi connectivity index (χ1n) is 9.39. The van der Waals surface area contributed by atoms with Crippen LogP contribution in [0.15, 0.2) is 72.8 Å². The number of amides is 1. The van der Waals surface area contributed by atoms with Crippen LogP contribution >= 0.6 is 0 Å². The smallest absolute Gasteiger partial charge is 0.411 e. The number of esters is 1. The SMILES string of the molecule is C=C1C[C@H](C)[C@@H](C(=O)OCc2ccccc2)N(C(=O)OCc2ccccc2)C1. The molecule has 146 valence electrons. The fourth-order valence-electron chi connectivity index (χ4n) is 3.43. The van der Waals surface area contributed by atoms with Crippen LogP contribution < -0.4 is 0 Å². The van der Waals surface area contributed by atoms with E-state index in [4.69, 9.17) is 9.47 Å². The summed E-state index contributed by atoms with van der Waals surface area (Å²) < 4.78 is 10.9. The van der Waals surface area contributed by atoms with Gasteiger partial charge in [-0.1, -0.05) is 79.7 Å². The van der Waals surface area contributed by atoms with E-state index in [0.717, 1.165) is 16.7 Å². The van der Waals surface area contributed by atoms with E-state index in [1.54, 1.807) is 0 Å². The minimum atomic E-state index is -0.683. The molecule has 3 rings (SSSR count). The number of carbonyl (C=O) groups is 2. The molecule has 1 heterocycles. The summed E-state index contributed by atoms with van der Waals surface area (Å²) >= 11 is 0. The Kier molecular flexibility index (Phi) is 6.48. The van der Waals surface area contributed by atoms with Crippen LogP contribution in [0.1, 0.15) is 24.5 Å². The van der Waals surface area contributed by atoms with Gasteiger partial charge in [0, 0.05) is 6.54 Å². The van der Waals surface area contributed by atoms with Gasteiger partial charge in [-0.3, -0.25) is 4.90 Å². The van der Waals surface area contributed by atoms with Crippen molar-refractivity contribution in [1.82, 2.24) is 4.90 Å². The fourth-order valence-corrected chi connectivity index (χ4v) is 3.43. The van der Waals surface area contributed by atoms with Crippen molar-refractivity contribution in [2.75, 3.05) is 6.54 Å². The molecule has 0 aliphatic carbocycles. The molecular weight excluding hydrogens is 354 g/mol. The maximum absolute atomic E-state index is 12.8. The zero-order chi connectivity index (χ0) is 19.9. The second-order valence-electron chi connectivity index (χ2n) is 7.14. The molecule has 1 aliphatic heterocycles. The highest BCUT2D eigenvalue weighted by Crippen LogP contribution is 2.28. The first kappa shape index (κ1) is 19.7. The molecular formula is C23H25NO4. The number of benzene rings is 2. The van der Waals surface area contributed by atoms with Gasteiger partial charge < -0.3 is 9.47 Å². The van der Waals surface area contributed by atoms with Crippen molar-refractivity contribution in [2.24, 2.45) is 5.92 Å². The summed E-state index contributed by atoms with van der Waals surface area (Å²) in [5, 5.41) is 0. The van der Waals surface area contributed by atoms with Crippen LogP contribution in [0.4, 0.5) is 4.79 Å². The van der Waals surface area contributed by atoms with Gasteiger partial charge in [0.25, 0.3) is 0 Å². The molecule has 5 nitrogen and oxygen atoms in total. The summed E-state index contributed by atoms with van der Waals surface area (Å²) in [6.07, 6.45) is 0.145. The van der Waals surface area contributed by atoms with E-state index in [0.29, 0.717) is 13.0 Å². The average molecular weight is 379 g/mol. The standard InChI is InChI=1S/C23H25NO4/c1-17-13-18(2)21(22(25)27-15-19-9-5-3-6-10-19)24(14-17)23(26)28-16-20-11-7-4-8-12-20/h3-12,18,21H,1,13-16H2,2H3/t18-,21-/m0/s1. The average Bonchev–Trinajstić information content (AvgIpc) is 2.71. The summed E-state index contributed by atoms with van der Waals surface area (Å²) in [6, 6.07) is 18.2. The minimum Gasteiger partial charge on any atom is -0.459 e. The quantitative estimate of drug-likeness (QED) is 0.573. The summed E-state index contributed by atoms with van der Waals surface area (Å²) in [5.74, 6) is -0.505. The number of piperidine rings is 1. The van der Waals surface area contributed by atoms with E-state index in [2.05, 4.69) is 6.58 Å². The molecule has 0 aromatic heterocycles. The largest absolute Gasteiger partial charge is 0.459 e. The molecule has 1 aliphatic rings. The topological polar surface area (TPSA) is 55.8 Å². The molecule has 0 spiro atoms. The third kappa shape index (κ3) is 5.00. The number of ether oxygens (including phenoxy) is 2. The lowest BCUT2D eigenvalue weighted by Crippen LogP contribution is -2.53. The Morgan fingerprint density at radius 1 is 0.964 bits per heavy atom. The molecule has 28 heavy (non-hydrogen) atoms. The van der Waals surface area contributed by atoms with E-state index in [1.807, 2.05) is 67.6 Å². The van der Waals surface area contributed by atoms with Gasteiger partial charge in [0.05, 0.1) is 0 Å². The first-order valence-corrected chi connectivity index (χ1v) is 9.39. The first-order chi connectivity index (χ1) is 13.5. The van der Waals surface area contributed by atoms with Gasteiger partial charge >= 0.3 is 12.1 Å². The van der Waals surface area contributed by atoms with Gasteiger partial charge in [0.1, 0.15) is 19.3 Å². The monoisotopic (exact) mass is 379 g/mol. The number of rotatable bonds is 5. The lowest BCUT2D eigenvalue weighted by atomic mass is 9.88. The number of hydrogen-bond donors (Lipinski definition) is 0. The zero-order valence-electron chi connectivity index (χ0n) is 16.0. The summed E-state index contributed by atoms with van der Waals surface area (Å²) in [6.45, 7) is 6.56. The fraction of sp³-hybridized carbons (Fsp3) is 0.304. The van der Waals surface area contributed by atoms with Crippen LogP contribution in [0, 0.1) is 5.92 Å². The van der Waals surface area contributed by atoms with Crippen LogP contribution in [0.3, 0.4) is 0 Å². The van der Waals surface area contributed by atoms with E-state index >= 15 is 0 Å². The second kappa shape index (κ2) is 9.22. The highest BCUT2D eigenvalue weighted by Gasteiger charge is 2.40. The van der Waals surface area contributed by atoms with Gasteiger partial charge in [0.2, 0.25) is 0 Å². The predicted molar refractivity (Wildman–Crippen MR) is 106 cm³/mol. The number of carbonyl (C=O) groups excluding carboxylic acids is 2. The van der Waals surface area contributed by atoms with Crippen LogP contribution in [0.2, 0.25) is 0 Å². The minimum absolute atomic E-state index is 0.0891. The summed E-state index contributed by atoms with van der Waals surface area (Å²) in [5.41, 5.74) is 2.70. The van der Waals surface area contributed by atoms with Crippen molar-refractivity contribution in [3.63, 3.8) is 0 Å². The Morgan fingerprint density at radius 3 is 2.07 bits per heavy atom. The third-order valence-electron chi connectivity index (χ3n) is 4.78. The van der Waals surface area contributed by atoms with Crippen molar-refractivity contribution in [2.45, 2.75) is 32.6 Å². The lowest BCUT2D eigenvalue weighted by Gasteiger charge is -2.38. The van der Waals surface area contributed by atoms with Crippen LogP contribution in [-0.2, 0) is 27.5 Å². The van der Waals surface area contributed by atoms with E-state index in [9.17, 15) is 9.59 Å². The zero-order valence-corrected chi connectivity index (χ0v) is 16.0. The normalized spacial score (nSPS) is 19.2. The van der Waals surface area contributed by atoms with Crippen molar-refractivity contribution in [1.29, 1.82) is 0 Å². The molecule has 5 heteroatoms. The van der Waals surface area contributed by atoms with Crippen molar-refractivity contribution < 1.29 is 19.1 Å². The molecule has 0 bridgehead atoms. The third-order valence-corrected chi connectivity index (χ3v) is 4.78. The van der Waals surface area contributed by atoms with Gasteiger partial charge in [-0.15, -0.1) is 0 Å². The molecule has 2 aromatic rings. The Hall–Kier alpha value is -3.08. The Labute approximate surface area is 165 Å². The summed E-state index contributed by atoms with van der Waals surface area (Å²) in [4.78, 5) is 26.9. The van der Waals surface area contributed by atoms with Crippen LogP contribution in [0.5, 0.6) is 0 Å². The maximum atomic E-state index is 12.8. The van der Waals surface area contributed by atoms with Gasteiger partial charge in [-0.2, -0.15) is 0 Å². The van der Waals surface area contributed by atoms with Gasteiger partial charge in [-0.05, 0) is 23.5 Å². The highest BCUT2D eigenvalue weighted by atomic mass is 16.6. The molecule has 2 atom stereocenters. The Balaban J connectivity index is 1.66. The Bertz CT molecular complexity index is 819. The van der Waals surface area contributed by atoms with E-state index in [-0.39, 0.29) is 19.1 Å². The maximum Gasteiger partial charge on any atom is 0.411 e. The van der Waals surface area contributed by atoms with Gasteiger partial charge in [0.15, 0.2) is 0 Å². The molecule has 1 saturated heterocycles. The molecule has 1 amide bonds. The molecule has 0 radical (unpaired) electrons. The summed E-state index contributed by atoms with van der Waals surface area (Å²) in [7, 11) is 0. The van der Waals surface area contributed by atoms with Crippen LogP contribution in [-0.4, -0.2) is 29.5 Å². The van der Waals surface area contributed by atoms with E-state index < -0.39 is 18.1 Å². The van der Waals surface area contributed by atoms with Gasteiger partial charge in [-0.25, -0.2) is 9.59 Å².